The van der Waals surface area contributed by atoms with Crippen LogP contribution in [0.2, 0.25) is 0 Å². The van der Waals surface area contributed by atoms with Gasteiger partial charge in [-0.05, 0) is 42.4 Å². The quantitative estimate of drug-likeness (QED) is 0.804. The van der Waals surface area contributed by atoms with Crippen molar-refractivity contribution < 1.29 is 9.35 Å². The summed E-state index contributed by atoms with van der Waals surface area (Å²) >= 11 is -1.17. The third kappa shape index (κ3) is 4.59. The second-order valence-corrected chi connectivity index (χ2v) is 6.99. The number of benzene rings is 2. The van der Waals surface area contributed by atoms with Gasteiger partial charge in [0.25, 0.3) is 0 Å². The average Bonchev–Trinajstić information content (AvgIpc) is 2.55. The smallest absolute Gasteiger partial charge is 0.241 e. The molecule has 2 rings (SSSR count). The Kier molecular flexibility index (Phi) is 6.00. The third-order valence-electron chi connectivity index (χ3n) is 3.30. The molecule has 0 radical (unpaired) electrons. The lowest BCUT2D eigenvalue weighted by Crippen LogP contribution is -2.39. The normalized spacial score (nSPS) is 14.9. The van der Waals surface area contributed by atoms with Crippen molar-refractivity contribution in [3.05, 3.63) is 60.7 Å². The fourth-order valence-electron chi connectivity index (χ4n) is 2.10. The van der Waals surface area contributed by atoms with Crippen molar-refractivity contribution in [2.75, 3.05) is 5.32 Å². The van der Waals surface area contributed by atoms with E-state index in [4.69, 9.17) is 5.73 Å². The van der Waals surface area contributed by atoms with Gasteiger partial charge in [-0.25, -0.2) is 0 Å². The van der Waals surface area contributed by atoms with E-state index < -0.39 is 17.2 Å². The van der Waals surface area contributed by atoms with Crippen LogP contribution in [0.25, 0.3) is 0 Å². The maximum Gasteiger partial charge on any atom is 0.241 e. The van der Waals surface area contributed by atoms with Crippen LogP contribution in [0.4, 0.5) is 5.69 Å². The van der Waals surface area contributed by atoms with Gasteiger partial charge in [-0.1, -0.05) is 36.4 Å². The van der Waals surface area contributed by atoms with E-state index >= 15 is 0 Å². The number of carbonyl (C=O) groups is 1. The van der Waals surface area contributed by atoms with E-state index in [1.807, 2.05) is 55.5 Å². The fraction of sp³-hybridized carbons (Fsp3) is 0.235. The molecule has 0 aliphatic carbocycles. The average molecular weight is 316 g/mol. The summed E-state index contributed by atoms with van der Waals surface area (Å²) in [5.41, 5.74) is 6.64. The summed E-state index contributed by atoms with van der Waals surface area (Å²) in [4.78, 5) is 12.8. The van der Waals surface area contributed by atoms with Crippen LogP contribution in [0.5, 0.6) is 0 Å². The maximum atomic E-state index is 12.4. The number of anilines is 1. The summed E-state index contributed by atoms with van der Waals surface area (Å²) in [5.74, 6) is -0.261. The molecule has 1 amide bonds. The lowest BCUT2D eigenvalue weighted by Gasteiger charge is -2.20. The molecule has 0 fully saturated rings. The van der Waals surface area contributed by atoms with Gasteiger partial charge >= 0.3 is 0 Å². The summed E-state index contributed by atoms with van der Waals surface area (Å²) in [6.07, 6.45) is 0.361. The Bertz CT molecular complexity index is 592. The van der Waals surface area contributed by atoms with Gasteiger partial charge in [-0.15, -0.1) is 0 Å². The minimum atomic E-state index is -1.17. The second-order valence-electron chi connectivity index (χ2n) is 5.12. The highest BCUT2D eigenvalue weighted by Gasteiger charge is 2.25. The van der Waals surface area contributed by atoms with E-state index in [-0.39, 0.29) is 11.2 Å². The first-order chi connectivity index (χ1) is 10.6. The van der Waals surface area contributed by atoms with Crippen LogP contribution < -0.4 is 11.1 Å². The number of para-hydroxylation sites is 1. The van der Waals surface area contributed by atoms with Crippen molar-refractivity contribution in [3.8, 4) is 0 Å². The molecule has 22 heavy (non-hydrogen) atoms. The van der Waals surface area contributed by atoms with Gasteiger partial charge in [0.2, 0.25) is 5.91 Å². The van der Waals surface area contributed by atoms with E-state index in [1.54, 1.807) is 12.1 Å². The summed E-state index contributed by atoms with van der Waals surface area (Å²) in [6.45, 7) is 1.85. The Labute approximate surface area is 133 Å². The molecule has 2 aromatic rings. The van der Waals surface area contributed by atoms with Gasteiger partial charge in [0, 0.05) is 12.1 Å². The van der Waals surface area contributed by atoms with Crippen molar-refractivity contribution in [2.24, 2.45) is 5.73 Å². The Morgan fingerprint density at radius 2 is 1.68 bits per heavy atom. The number of rotatable bonds is 6. The van der Waals surface area contributed by atoms with E-state index in [0.717, 1.165) is 4.90 Å². The van der Waals surface area contributed by atoms with Crippen molar-refractivity contribution in [2.45, 2.75) is 29.5 Å². The van der Waals surface area contributed by atoms with E-state index in [1.165, 1.54) is 0 Å². The lowest BCUT2D eigenvalue weighted by molar-refractivity contribution is -0.117. The van der Waals surface area contributed by atoms with Gasteiger partial charge in [-0.2, -0.15) is 0 Å². The van der Waals surface area contributed by atoms with Gasteiger partial charge in [0.15, 0.2) is 4.90 Å². The first kappa shape index (κ1) is 16.5. The first-order valence-electron chi connectivity index (χ1n) is 7.15. The minimum Gasteiger partial charge on any atom is -0.611 e. The molecule has 3 unspecified atom stereocenters. The zero-order valence-corrected chi connectivity index (χ0v) is 13.3. The molecule has 4 nitrogen and oxygen atoms in total. The summed E-state index contributed by atoms with van der Waals surface area (Å²) in [7, 11) is 0. The third-order valence-corrected chi connectivity index (χ3v) is 4.97. The van der Waals surface area contributed by atoms with E-state index in [0.29, 0.717) is 12.1 Å². The topological polar surface area (TPSA) is 78.2 Å². The maximum absolute atomic E-state index is 12.4. The Morgan fingerprint density at radius 3 is 2.27 bits per heavy atom. The zero-order chi connectivity index (χ0) is 15.9. The molecule has 0 spiro atoms. The number of amides is 1. The van der Waals surface area contributed by atoms with Crippen LogP contribution in [0, 0.1) is 0 Å². The number of hydrogen-bond acceptors (Lipinski definition) is 3. The molecule has 2 aromatic carbocycles. The molecule has 3 N–H and O–H groups in total. The molecule has 116 valence electrons. The van der Waals surface area contributed by atoms with E-state index in [9.17, 15) is 9.35 Å². The largest absolute Gasteiger partial charge is 0.611 e. The monoisotopic (exact) mass is 316 g/mol. The highest BCUT2D eigenvalue weighted by molar-refractivity contribution is 7.92. The van der Waals surface area contributed by atoms with Crippen molar-refractivity contribution >= 4 is 22.8 Å². The van der Waals surface area contributed by atoms with Gasteiger partial charge in [0.1, 0.15) is 5.25 Å². The SMILES string of the molecule is CC(CC(N)C(=O)Nc1ccccc1)[S+]([O-])c1ccccc1. The Balaban J connectivity index is 1.90. The predicted octanol–water partition coefficient (Wildman–Crippen LogP) is 2.54. The van der Waals surface area contributed by atoms with Crippen LogP contribution in [0.15, 0.2) is 65.6 Å². The van der Waals surface area contributed by atoms with Gasteiger partial charge in [0.05, 0.1) is 6.04 Å². The van der Waals surface area contributed by atoms with E-state index in [2.05, 4.69) is 5.32 Å². The molecule has 0 bridgehead atoms. The summed E-state index contributed by atoms with van der Waals surface area (Å²) in [5, 5.41) is 2.57. The number of nitrogens with two attached hydrogens (primary N) is 1. The summed E-state index contributed by atoms with van der Waals surface area (Å²) < 4.78 is 12.4. The van der Waals surface area contributed by atoms with Crippen LogP contribution in [-0.2, 0) is 16.0 Å². The Morgan fingerprint density at radius 1 is 1.14 bits per heavy atom. The molecule has 0 heterocycles. The molecule has 3 atom stereocenters. The number of hydrogen-bond donors (Lipinski definition) is 2. The Hall–Kier alpha value is -1.82. The van der Waals surface area contributed by atoms with Crippen LogP contribution in [-0.4, -0.2) is 21.8 Å². The predicted molar refractivity (Wildman–Crippen MR) is 90.0 cm³/mol. The van der Waals surface area contributed by atoms with Crippen LogP contribution >= 0.6 is 0 Å². The lowest BCUT2D eigenvalue weighted by atomic mass is 10.1. The zero-order valence-electron chi connectivity index (χ0n) is 12.4. The van der Waals surface area contributed by atoms with Crippen molar-refractivity contribution in [3.63, 3.8) is 0 Å². The minimum absolute atomic E-state index is 0.195. The number of carbonyl (C=O) groups excluding carboxylic acids is 1. The van der Waals surface area contributed by atoms with Crippen molar-refractivity contribution in [1.82, 2.24) is 0 Å². The first-order valence-corrected chi connectivity index (χ1v) is 8.36. The summed E-state index contributed by atoms with van der Waals surface area (Å²) in [6, 6.07) is 17.7. The van der Waals surface area contributed by atoms with Gasteiger partial charge < -0.3 is 15.6 Å². The molecule has 0 saturated carbocycles. The molecule has 0 saturated heterocycles. The highest BCUT2D eigenvalue weighted by Crippen LogP contribution is 2.19. The molecular weight excluding hydrogens is 296 g/mol. The molecule has 5 heteroatoms. The number of nitrogens with one attached hydrogen (secondary N) is 1. The van der Waals surface area contributed by atoms with Crippen LogP contribution in [0.1, 0.15) is 13.3 Å². The molecule has 0 aliphatic rings. The van der Waals surface area contributed by atoms with Crippen molar-refractivity contribution in [1.29, 1.82) is 0 Å². The fourth-order valence-corrected chi connectivity index (χ4v) is 3.37. The van der Waals surface area contributed by atoms with Gasteiger partial charge in [-0.3, -0.25) is 4.79 Å². The van der Waals surface area contributed by atoms with Crippen LogP contribution in [0.3, 0.4) is 0 Å². The second kappa shape index (κ2) is 7.98. The standard InChI is InChI=1S/C17H20N2O2S/c1-13(22(21)15-10-6-3-7-11-15)12-16(18)17(20)19-14-8-4-2-5-9-14/h2-11,13,16H,12,18H2,1H3,(H,19,20). The molecule has 0 aliphatic heterocycles. The molecular formula is C17H20N2O2S. The molecule has 0 aromatic heterocycles. The highest BCUT2D eigenvalue weighted by atomic mass is 32.2.